The zero-order valence-corrected chi connectivity index (χ0v) is 10.2. The van der Waals surface area contributed by atoms with Crippen molar-refractivity contribution < 1.29 is 4.79 Å². The van der Waals surface area contributed by atoms with E-state index in [0.29, 0.717) is 11.9 Å². The zero-order chi connectivity index (χ0) is 11.8. The second-order valence-corrected chi connectivity index (χ2v) is 5.11. The van der Waals surface area contributed by atoms with Crippen LogP contribution in [0.5, 0.6) is 0 Å². The average molecular weight is 223 g/mol. The highest BCUT2D eigenvalue weighted by Crippen LogP contribution is 2.39. The van der Waals surface area contributed by atoms with E-state index in [2.05, 4.69) is 18.8 Å². The van der Waals surface area contributed by atoms with Gasteiger partial charge in [-0.15, -0.1) is 0 Å². The standard InChI is InChI=1S/C12H21N3O/c1-3-4-5-8-12(2)10(13)14-11(16)15(12)9-6-7-9/h9H,3-8H2,1-2H3,(H2,13,14,16). The fourth-order valence-electron chi connectivity index (χ4n) is 2.47. The van der Waals surface area contributed by atoms with Crippen LogP contribution < -0.4 is 5.73 Å². The lowest BCUT2D eigenvalue weighted by Crippen LogP contribution is -2.52. The minimum Gasteiger partial charge on any atom is -0.385 e. The molecule has 16 heavy (non-hydrogen) atoms. The number of aliphatic imine (C=N–C) groups is 1. The molecule has 2 aliphatic rings. The number of hydrogen-bond donors (Lipinski definition) is 1. The van der Waals surface area contributed by atoms with Gasteiger partial charge in [-0.25, -0.2) is 4.79 Å². The highest BCUT2D eigenvalue weighted by molar-refractivity contribution is 6.05. The van der Waals surface area contributed by atoms with Gasteiger partial charge in [-0.3, -0.25) is 0 Å². The van der Waals surface area contributed by atoms with E-state index in [9.17, 15) is 4.79 Å². The lowest BCUT2D eigenvalue weighted by molar-refractivity contribution is 0.166. The Morgan fingerprint density at radius 1 is 1.50 bits per heavy atom. The molecule has 0 bridgehead atoms. The highest BCUT2D eigenvalue weighted by atomic mass is 16.2. The van der Waals surface area contributed by atoms with Gasteiger partial charge >= 0.3 is 6.03 Å². The molecule has 1 heterocycles. The third-order valence-corrected chi connectivity index (χ3v) is 3.68. The Morgan fingerprint density at radius 2 is 2.19 bits per heavy atom. The van der Waals surface area contributed by atoms with Crippen LogP contribution in [0, 0.1) is 0 Å². The first kappa shape index (κ1) is 11.4. The first-order valence-corrected chi connectivity index (χ1v) is 6.27. The molecule has 2 N–H and O–H groups in total. The maximum atomic E-state index is 11.8. The van der Waals surface area contributed by atoms with Crippen LogP contribution in [0.25, 0.3) is 0 Å². The Labute approximate surface area is 96.9 Å². The molecule has 90 valence electrons. The second kappa shape index (κ2) is 4.07. The van der Waals surface area contributed by atoms with Gasteiger partial charge in [-0.05, 0) is 26.2 Å². The van der Waals surface area contributed by atoms with Gasteiger partial charge in [0.05, 0.1) is 5.54 Å². The minimum absolute atomic E-state index is 0.126. The van der Waals surface area contributed by atoms with Crippen molar-refractivity contribution in [3.63, 3.8) is 0 Å². The van der Waals surface area contributed by atoms with Crippen LogP contribution in [0.2, 0.25) is 0 Å². The molecule has 1 atom stereocenters. The van der Waals surface area contributed by atoms with E-state index < -0.39 is 0 Å². The monoisotopic (exact) mass is 223 g/mol. The molecule has 2 rings (SSSR count). The summed E-state index contributed by atoms with van der Waals surface area (Å²) in [5, 5.41) is 0. The average Bonchev–Trinajstić information content (AvgIpc) is 2.99. The normalized spacial score (nSPS) is 29.8. The third-order valence-electron chi connectivity index (χ3n) is 3.68. The van der Waals surface area contributed by atoms with Crippen LogP contribution in [0.15, 0.2) is 4.99 Å². The maximum absolute atomic E-state index is 11.8. The van der Waals surface area contributed by atoms with Gasteiger partial charge in [0.25, 0.3) is 0 Å². The summed E-state index contributed by atoms with van der Waals surface area (Å²) in [4.78, 5) is 17.6. The van der Waals surface area contributed by atoms with Crippen molar-refractivity contribution in [1.82, 2.24) is 4.90 Å². The fraction of sp³-hybridized carbons (Fsp3) is 0.833. The molecule has 0 aromatic rings. The minimum atomic E-state index is -0.312. The summed E-state index contributed by atoms with van der Waals surface area (Å²) >= 11 is 0. The molecule has 2 amide bonds. The van der Waals surface area contributed by atoms with E-state index in [1.807, 2.05) is 4.90 Å². The molecule has 4 heteroatoms. The number of carbonyl (C=O) groups excluding carboxylic acids is 1. The van der Waals surface area contributed by atoms with Gasteiger partial charge in [-0.2, -0.15) is 4.99 Å². The zero-order valence-electron chi connectivity index (χ0n) is 10.2. The van der Waals surface area contributed by atoms with E-state index in [1.165, 1.54) is 12.8 Å². The van der Waals surface area contributed by atoms with E-state index in [4.69, 9.17) is 5.73 Å². The number of unbranched alkanes of at least 4 members (excludes halogenated alkanes) is 2. The Morgan fingerprint density at radius 3 is 2.75 bits per heavy atom. The van der Waals surface area contributed by atoms with Gasteiger partial charge in [0, 0.05) is 6.04 Å². The Kier molecular flexibility index (Phi) is 2.91. The molecule has 1 fully saturated rings. The smallest absolute Gasteiger partial charge is 0.346 e. The van der Waals surface area contributed by atoms with Crippen LogP contribution in [-0.2, 0) is 0 Å². The summed E-state index contributed by atoms with van der Waals surface area (Å²) in [6, 6.07) is 0.267. The summed E-state index contributed by atoms with van der Waals surface area (Å²) < 4.78 is 0. The summed E-state index contributed by atoms with van der Waals surface area (Å²) in [7, 11) is 0. The number of amides is 2. The van der Waals surface area contributed by atoms with Crippen molar-refractivity contribution in [2.45, 2.75) is 64.0 Å². The van der Waals surface area contributed by atoms with Gasteiger partial charge < -0.3 is 10.6 Å². The number of nitrogens with zero attached hydrogens (tertiary/aromatic N) is 2. The molecule has 0 spiro atoms. The van der Waals surface area contributed by atoms with E-state index in [1.54, 1.807) is 0 Å². The molecule has 1 unspecified atom stereocenters. The second-order valence-electron chi connectivity index (χ2n) is 5.11. The summed E-state index contributed by atoms with van der Waals surface area (Å²) in [5.74, 6) is 0.514. The van der Waals surface area contributed by atoms with Crippen molar-refractivity contribution in [3.05, 3.63) is 0 Å². The predicted molar refractivity (Wildman–Crippen MR) is 64.4 cm³/mol. The van der Waals surface area contributed by atoms with Gasteiger partial charge in [0.15, 0.2) is 0 Å². The van der Waals surface area contributed by atoms with Crippen LogP contribution in [-0.4, -0.2) is 28.3 Å². The van der Waals surface area contributed by atoms with E-state index in [-0.39, 0.29) is 11.6 Å². The maximum Gasteiger partial charge on any atom is 0.346 e. The van der Waals surface area contributed by atoms with Crippen molar-refractivity contribution in [2.24, 2.45) is 10.7 Å². The highest BCUT2D eigenvalue weighted by Gasteiger charge is 2.50. The third kappa shape index (κ3) is 1.81. The fourth-order valence-corrected chi connectivity index (χ4v) is 2.47. The lowest BCUT2D eigenvalue weighted by atomic mass is 9.92. The predicted octanol–water partition coefficient (Wildman–Crippen LogP) is 2.28. The number of urea groups is 1. The van der Waals surface area contributed by atoms with E-state index >= 15 is 0 Å². The quantitative estimate of drug-likeness (QED) is 0.727. The molecule has 1 aliphatic heterocycles. The topological polar surface area (TPSA) is 58.7 Å². The SMILES string of the molecule is CCCCCC1(C)C(N)=NC(=O)N1C1CC1. The molecule has 4 nitrogen and oxygen atoms in total. The summed E-state index contributed by atoms with van der Waals surface area (Å²) in [6.07, 6.45) is 6.65. The summed E-state index contributed by atoms with van der Waals surface area (Å²) in [5.41, 5.74) is 5.62. The summed E-state index contributed by atoms with van der Waals surface area (Å²) in [6.45, 7) is 4.24. The molecular weight excluding hydrogens is 202 g/mol. The van der Waals surface area contributed by atoms with Crippen molar-refractivity contribution in [3.8, 4) is 0 Å². The van der Waals surface area contributed by atoms with Crippen LogP contribution in [0.3, 0.4) is 0 Å². The van der Waals surface area contributed by atoms with Crippen molar-refractivity contribution >= 4 is 11.9 Å². The molecular formula is C12H21N3O. The van der Waals surface area contributed by atoms with Crippen LogP contribution in [0.4, 0.5) is 4.79 Å². The number of amidine groups is 1. The van der Waals surface area contributed by atoms with Gasteiger partial charge in [0.1, 0.15) is 5.84 Å². The molecule has 0 saturated heterocycles. The molecule has 0 radical (unpaired) electrons. The van der Waals surface area contributed by atoms with Crippen LogP contribution >= 0.6 is 0 Å². The first-order valence-electron chi connectivity index (χ1n) is 6.27. The number of nitrogens with two attached hydrogens (primary N) is 1. The van der Waals surface area contributed by atoms with E-state index in [0.717, 1.165) is 25.7 Å². The molecule has 1 aliphatic carbocycles. The first-order chi connectivity index (χ1) is 7.59. The van der Waals surface area contributed by atoms with Crippen molar-refractivity contribution in [2.75, 3.05) is 0 Å². The molecule has 1 saturated carbocycles. The van der Waals surface area contributed by atoms with Crippen LogP contribution in [0.1, 0.15) is 52.4 Å². The van der Waals surface area contributed by atoms with Gasteiger partial charge in [-0.1, -0.05) is 26.2 Å². The number of hydrogen-bond acceptors (Lipinski definition) is 2. The largest absolute Gasteiger partial charge is 0.385 e. The lowest BCUT2D eigenvalue weighted by Gasteiger charge is -2.35. The Bertz CT molecular complexity index is 322. The Balaban J connectivity index is 2.08. The Hall–Kier alpha value is -1.06. The van der Waals surface area contributed by atoms with Crippen molar-refractivity contribution in [1.29, 1.82) is 0 Å². The van der Waals surface area contributed by atoms with Gasteiger partial charge in [0.2, 0.25) is 0 Å². The molecule has 0 aromatic carbocycles. The molecule has 0 aromatic heterocycles. The number of rotatable bonds is 5. The number of carbonyl (C=O) groups is 1.